The summed E-state index contributed by atoms with van der Waals surface area (Å²) in [5.74, 6) is 1.05. The van der Waals surface area contributed by atoms with Crippen LogP contribution in [-0.2, 0) is 65.4 Å². The molecular weight excluding hydrogens is 1320 g/mol. The first-order chi connectivity index (χ1) is 48.7. The molecule has 0 fully saturated rings. The Hall–Kier alpha value is -1.94. The van der Waals surface area contributed by atoms with E-state index in [1.165, 1.54) is 225 Å². The Morgan fingerprint density at radius 1 is 0.277 bits per heavy atom. The number of aliphatic hydroxyl groups excluding tert-OH is 1. The maximum atomic E-state index is 13.1. The minimum Gasteiger partial charge on any atom is -0.462 e. The number of hydrogen-bond donors (Lipinski definition) is 3. The smallest absolute Gasteiger partial charge is 0.462 e. The molecule has 0 saturated carbocycles. The molecule has 6 unspecified atom stereocenters. The van der Waals surface area contributed by atoms with Crippen LogP contribution in [0.5, 0.6) is 0 Å². The van der Waals surface area contributed by atoms with Crippen LogP contribution in [-0.4, -0.2) is 96.7 Å². The predicted octanol–water partition coefficient (Wildman–Crippen LogP) is 24.4. The Kier molecular flexibility index (Phi) is 69.6. The van der Waals surface area contributed by atoms with Crippen LogP contribution in [0.2, 0.25) is 0 Å². The van der Waals surface area contributed by atoms with E-state index in [-0.39, 0.29) is 25.7 Å². The second-order valence-corrected chi connectivity index (χ2v) is 33.6. The second kappa shape index (κ2) is 71.0. The van der Waals surface area contributed by atoms with Crippen LogP contribution in [0.3, 0.4) is 0 Å². The Balaban J connectivity index is 5.21. The average Bonchev–Trinajstić information content (AvgIpc) is 0.928. The number of ether oxygens (including phenoxy) is 4. The van der Waals surface area contributed by atoms with Crippen molar-refractivity contribution < 1.29 is 80.2 Å². The normalized spacial score (nSPS) is 14.8. The van der Waals surface area contributed by atoms with E-state index in [0.717, 1.165) is 114 Å². The van der Waals surface area contributed by atoms with E-state index in [2.05, 4.69) is 55.4 Å². The molecule has 0 aromatic carbocycles. The fourth-order valence-electron chi connectivity index (χ4n) is 12.5. The van der Waals surface area contributed by atoms with Gasteiger partial charge in [0, 0.05) is 25.7 Å². The standard InChI is InChI=1S/C82H160O17P2/c1-9-73(6)59-51-43-35-28-24-20-16-14-12-13-15-17-23-27-31-39-48-56-64-81(86)98-77(68-92-79(84)62-54-46-37-30-26-22-19-18-21-25-29-36-44-52-60-74(7)10-2)70-96-100(88,89)94-66-76(83)67-95-101(90,91)97-71-78(99-82(87)65-57-49-41-40-45-53-61-75(8)11-3)69-93-80(85)63-55-47-38-33-32-34-42-50-58-72(4)5/h72-78,83H,9-71H2,1-8H3,(H,88,89)(H,90,91)/t73?,74?,75?,76?,77-,78-/m1/s1. The summed E-state index contributed by atoms with van der Waals surface area (Å²) in [6.45, 7) is 14.3. The summed E-state index contributed by atoms with van der Waals surface area (Å²) < 4.78 is 68.7. The van der Waals surface area contributed by atoms with Crippen molar-refractivity contribution in [2.45, 2.75) is 440 Å². The van der Waals surface area contributed by atoms with Crippen molar-refractivity contribution in [2.24, 2.45) is 23.7 Å². The van der Waals surface area contributed by atoms with E-state index in [4.69, 9.17) is 37.0 Å². The molecule has 0 bridgehead atoms. The van der Waals surface area contributed by atoms with Gasteiger partial charge < -0.3 is 33.8 Å². The molecule has 0 spiro atoms. The Morgan fingerprint density at radius 2 is 0.475 bits per heavy atom. The van der Waals surface area contributed by atoms with Crippen LogP contribution >= 0.6 is 15.6 Å². The van der Waals surface area contributed by atoms with Crippen LogP contribution in [0.25, 0.3) is 0 Å². The summed E-state index contributed by atoms with van der Waals surface area (Å²) in [5.41, 5.74) is 0. The number of esters is 4. The third kappa shape index (κ3) is 72.1. The lowest BCUT2D eigenvalue weighted by atomic mass is 9.99. The molecule has 0 aliphatic heterocycles. The van der Waals surface area contributed by atoms with Gasteiger partial charge in [0.1, 0.15) is 19.3 Å². The van der Waals surface area contributed by atoms with Crippen molar-refractivity contribution in [3.8, 4) is 0 Å². The highest BCUT2D eigenvalue weighted by Gasteiger charge is 2.30. The summed E-state index contributed by atoms with van der Waals surface area (Å²) >= 11 is 0. The lowest BCUT2D eigenvalue weighted by Crippen LogP contribution is -2.30. The van der Waals surface area contributed by atoms with E-state index in [1.807, 2.05) is 0 Å². The van der Waals surface area contributed by atoms with Gasteiger partial charge in [0.15, 0.2) is 12.2 Å². The number of aliphatic hydroxyl groups is 1. The predicted molar refractivity (Wildman–Crippen MR) is 414 cm³/mol. The number of phosphoric ester groups is 2. The summed E-state index contributed by atoms with van der Waals surface area (Å²) in [4.78, 5) is 73.0. The molecule has 19 heteroatoms. The molecule has 0 aromatic rings. The van der Waals surface area contributed by atoms with Crippen molar-refractivity contribution in [3.05, 3.63) is 0 Å². The van der Waals surface area contributed by atoms with Crippen LogP contribution in [0.4, 0.5) is 0 Å². The molecular formula is C82H160O17P2. The van der Waals surface area contributed by atoms with Gasteiger partial charge in [-0.25, -0.2) is 9.13 Å². The molecule has 0 aromatic heterocycles. The van der Waals surface area contributed by atoms with Crippen molar-refractivity contribution in [1.29, 1.82) is 0 Å². The Labute approximate surface area is 619 Å². The van der Waals surface area contributed by atoms with Gasteiger partial charge in [-0.05, 0) is 49.4 Å². The minimum absolute atomic E-state index is 0.102. The van der Waals surface area contributed by atoms with Crippen LogP contribution in [0.15, 0.2) is 0 Å². The second-order valence-electron chi connectivity index (χ2n) is 30.7. The molecule has 8 atom stereocenters. The summed E-state index contributed by atoms with van der Waals surface area (Å²) in [6.07, 6.45) is 58.4. The van der Waals surface area contributed by atoms with Crippen molar-refractivity contribution >= 4 is 39.5 Å². The van der Waals surface area contributed by atoms with Gasteiger partial charge in [0.05, 0.1) is 26.4 Å². The van der Waals surface area contributed by atoms with E-state index >= 15 is 0 Å². The SMILES string of the molecule is CCC(C)CCCCCCCCCCCCCCCCCCCCC(=O)O[C@H](COC(=O)CCCCCCCCCCCCCCCCC(C)CC)COP(=O)(O)OCC(O)COP(=O)(O)OC[C@@H](COC(=O)CCCCCCCCCCC(C)C)OC(=O)CCCCCCCCC(C)CC. The van der Waals surface area contributed by atoms with Gasteiger partial charge in [0.2, 0.25) is 0 Å². The molecule has 101 heavy (non-hydrogen) atoms. The highest BCUT2D eigenvalue weighted by atomic mass is 31.2. The first kappa shape index (κ1) is 99.1. The molecule has 0 heterocycles. The van der Waals surface area contributed by atoms with Crippen molar-refractivity contribution in [1.82, 2.24) is 0 Å². The number of carbonyl (C=O) groups is 4. The zero-order valence-corrected chi connectivity index (χ0v) is 68.3. The summed E-state index contributed by atoms with van der Waals surface area (Å²) in [6, 6.07) is 0. The third-order valence-corrected chi connectivity index (χ3v) is 22.1. The molecule has 0 radical (unpaired) electrons. The van der Waals surface area contributed by atoms with Gasteiger partial charge in [-0.2, -0.15) is 0 Å². The largest absolute Gasteiger partial charge is 0.472 e. The lowest BCUT2D eigenvalue weighted by Gasteiger charge is -2.21. The fourth-order valence-corrected chi connectivity index (χ4v) is 14.1. The first-order valence-corrected chi connectivity index (χ1v) is 45.3. The number of rotatable bonds is 79. The third-order valence-electron chi connectivity index (χ3n) is 20.2. The highest BCUT2D eigenvalue weighted by molar-refractivity contribution is 7.47. The monoisotopic (exact) mass is 1480 g/mol. The highest BCUT2D eigenvalue weighted by Crippen LogP contribution is 2.45. The van der Waals surface area contributed by atoms with Crippen LogP contribution in [0, 0.1) is 23.7 Å². The molecule has 0 aliphatic rings. The van der Waals surface area contributed by atoms with Gasteiger partial charge in [-0.1, -0.05) is 370 Å². The maximum Gasteiger partial charge on any atom is 0.472 e. The number of phosphoric acid groups is 2. The fraction of sp³-hybridized carbons (Fsp3) is 0.951. The minimum atomic E-state index is -4.96. The Morgan fingerprint density at radius 3 is 0.703 bits per heavy atom. The number of hydrogen-bond acceptors (Lipinski definition) is 15. The summed E-state index contributed by atoms with van der Waals surface area (Å²) in [5, 5.41) is 10.6. The summed E-state index contributed by atoms with van der Waals surface area (Å²) in [7, 11) is -9.92. The first-order valence-electron chi connectivity index (χ1n) is 42.3. The van der Waals surface area contributed by atoms with Crippen LogP contribution in [0.1, 0.15) is 421 Å². The Bertz CT molecular complexity index is 1980. The number of carbonyl (C=O) groups excluding carboxylic acids is 4. The van der Waals surface area contributed by atoms with Gasteiger partial charge >= 0.3 is 39.5 Å². The van der Waals surface area contributed by atoms with E-state index < -0.39 is 97.5 Å². The van der Waals surface area contributed by atoms with Crippen LogP contribution < -0.4 is 0 Å². The van der Waals surface area contributed by atoms with Crippen molar-refractivity contribution in [3.63, 3.8) is 0 Å². The average molecular weight is 1480 g/mol. The van der Waals surface area contributed by atoms with E-state index in [9.17, 15) is 43.2 Å². The van der Waals surface area contributed by atoms with Gasteiger partial charge in [-0.15, -0.1) is 0 Å². The quantitative estimate of drug-likeness (QED) is 0.0222. The molecule has 0 amide bonds. The zero-order chi connectivity index (χ0) is 74.6. The van der Waals surface area contributed by atoms with Crippen molar-refractivity contribution in [2.75, 3.05) is 39.6 Å². The molecule has 3 N–H and O–H groups in total. The maximum absolute atomic E-state index is 13.1. The molecule has 600 valence electrons. The molecule has 0 rings (SSSR count). The van der Waals surface area contributed by atoms with Gasteiger partial charge in [-0.3, -0.25) is 37.3 Å². The topological polar surface area (TPSA) is 237 Å². The van der Waals surface area contributed by atoms with E-state index in [1.54, 1.807) is 0 Å². The van der Waals surface area contributed by atoms with E-state index in [0.29, 0.717) is 25.7 Å². The zero-order valence-electron chi connectivity index (χ0n) is 66.5. The molecule has 17 nitrogen and oxygen atoms in total. The molecule has 0 saturated heterocycles. The lowest BCUT2D eigenvalue weighted by molar-refractivity contribution is -0.161. The van der Waals surface area contributed by atoms with Gasteiger partial charge in [0.25, 0.3) is 0 Å². The number of unbranched alkanes of at least 4 members (excludes halogenated alkanes) is 42. The molecule has 0 aliphatic carbocycles.